The highest BCUT2D eigenvalue weighted by Gasteiger charge is 2.10. The van der Waals surface area contributed by atoms with E-state index in [0.29, 0.717) is 12.2 Å². The highest BCUT2D eigenvalue weighted by molar-refractivity contribution is 5.88. The molecule has 0 radical (unpaired) electrons. The lowest BCUT2D eigenvalue weighted by molar-refractivity contribution is 0.0499. The van der Waals surface area contributed by atoms with Crippen molar-refractivity contribution in [3.63, 3.8) is 0 Å². The maximum atomic E-state index is 11.7. The number of carbonyl (C=O) groups excluding carboxylic acids is 1. The van der Waals surface area contributed by atoms with Gasteiger partial charge >= 0.3 is 5.97 Å². The molecule has 4 nitrogen and oxygen atoms in total. The molecule has 0 saturated carbocycles. The minimum atomic E-state index is -0.314. The van der Waals surface area contributed by atoms with Crippen molar-refractivity contribution in [2.45, 2.75) is 19.8 Å². The van der Waals surface area contributed by atoms with E-state index in [2.05, 4.69) is 12.0 Å². The lowest BCUT2D eigenvalue weighted by Crippen LogP contribution is -2.05. The number of nitrogens with zero attached hydrogens (tertiary/aromatic N) is 2. The summed E-state index contributed by atoms with van der Waals surface area (Å²) in [6.07, 6.45) is 5.11. The summed E-state index contributed by atoms with van der Waals surface area (Å²) in [6.45, 7) is 2.52. The topological polar surface area (TPSA) is 44.1 Å². The van der Waals surface area contributed by atoms with Crippen LogP contribution in [0.1, 0.15) is 30.1 Å². The molecule has 2 rings (SSSR count). The monoisotopic (exact) mass is 244 g/mol. The summed E-state index contributed by atoms with van der Waals surface area (Å²) in [5.41, 5.74) is 1.40. The fourth-order valence-corrected chi connectivity index (χ4v) is 1.54. The third kappa shape index (κ3) is 2.97. The predicted molar refractivity (Wildman–Crippen MR) is 68.8 cm³/mol. The average molecular weight is 244 g/mol. The SMILES string of the molecule is CCCCOC(=O)c1cnn(-c2ccccc2)c1. The lowest BCUT2D eigenvalue weighted by Gasteiger charge is -2.01. The molecule has 2 aromatic rings. The predicted octanol–water partition coefficient (Wildman–Crippen LogP) is 2.83. The third-order valence-electron chi connectivity index (χ3n) is 2.57. The van der Waals surface area contributed by atoms with E-state index in [4.69, 9.17) is 4.74 Å². The first kappa shape index (κ1) is 12.4. The Hall–Kier alpha value is -2.10. The molecule has 0 unspecified atom stereocenters. The van der Waals surface area contributed by atoms with Crippen LogP contribution in [0.4, 0.5) is 0 Å². The highest BCUT2D eigenvalue weighted by Crippen LogP contribution is 2.08. The molecule has 1 heterocycles. The van der Waals surface area contributed by atoms with E-state index in [0.717, 1.165) is 18.5 Å². The van der Waals surface area contributed by atoms with Crippen LogP contribution < -0.4 is 0 Å². The summed E-state index contributed by atoms with van der Waals surface area (Å²) >= 11 is 0. The second-order valence-corrected chi connectivity index (χ2v) is 4.00. The molecule has 0 aliphatic rings. The fourth-order valence-electron chi connectivity index (χ4n) is 1.54. The number of benzene rings is 1. The van der Waals surface area contributed by atoms with Crippen molar-refractivity contribution in [2.75, 3.05) is 6.61 Å². The first-order valence-corrected chi connectivity index (χ1v) is 6.08. The zero-order chi connectivity index (χ0) is 12.8. The number of rotatable bonds is 5. The summed E-state index contributed by atoms with van der Waals surface area (Å²) < 4.78 is 6.79. The van der Waals surface area contributed by atoms with Crippen LogP contribution in [0.2, 0.25) is 0 Å². The van der Waals surface area contributed by atoms with Gasteiger partial charge in [0, 0.05) is 6.20 Å². The van der Waals surface area contributed by atoms with Crippen LogP contribution in [0.25, 0.3) is 5.69 Å². The summed E-state index contributed by atoms with van der Waals surface area (Å²) in [6, 6.07) is 9.65. The Morgan fingerprint density at radius 1 is 1.33 bits per heavy atom. The Morgan fingerprint density at radius 2 is 2.11 bits per heavy atom. The van der Waals surface area contributed by atoms with E-state index in [1.54, 1.807) is 10.9 Å². The van der Waals surface area contributed by atoms with Gasteiger partial charge in [-0.1, -0.05) is 31.5 Å². The van der Waals surface area contributed by atoms with Gasteiger partial charge in [0.25, 0.3) is 0 Å². The quantitative estimate of drug-likeness (QED) is 0.600. The minimum Gasteiger partial charge on any atom is -0.462 e. The van der Waals surface area contributed by atoms with Gasteiger partial charge in [-0.3, -0.25) is 0 Å². The Bertz CT molecular complexity index is 506. The molecule has 0 atom stereocenters. The molecule has 1 aromatic heterocycles. The molecular weight excluding hydrogens is 228 g/mol. The van der Waals surface area contributed by atoms with Gasteiger partial charge in [0.2, 0.25) is 0 Å². The molecule has 18 heavy (non-hydrogen) atoms. The molecule has 0 fully saturated rings. The smallest absolute Gasteiger partial charge is 0.341 e. The van der Waals surface area contributed by atoms with Gasteiger partial charge in [0.1, 0.15) is 0 Å². The number of unbranched alkanes of at least 4 members (excludes halogenated alkanes) is 1. The molecule has 0 aliphatic carbocycles. The maximum Gasteiger partial charge on any atom is 0.341 e. The van der Waals surface area contributed by atoms with E-state index in [-0.39, 0.29) is 5.97 Å². The average Bonchev–Trinajstić information content (AvgIpc) is 2.89. The molecular formula is C14H16N2O2. The van der Waals surface area contributed by atoms with Crippen LogP contribution in [-0.2, 0) is 4.74 Å². The van der Waals surface area contributed by atoms with Gasteiger partial charge in [0.05, 0.1) is 24.1 Å². The Labute approximate surface area is 106 Å². The number of hydrogen-bond donors (Lipinski definition) is 0. The van der Waals surface area contributed by atoms with Crippen LogP contribution in [0.5, 0.6) is 0 Å². The second-order valence-electron chi connectivity index (χ2n) is 4.00. The van der Waals surface area contributed by atoms with Gasteiger partial charge in [0.15, 0.2) is 0 Å². The maximum absolute atomic E-state index is 11.7. The van der Waals surface area contributed by atoms with Crippen molar-refractivity contribution in [3.05, 3.63) is 48.3 Å². The molecule has 0 N–H and O–H groups in total. The van der Waals surface area contributed by atoms with Crippen molar-refractivity contribution in [2.24, 2.45) is 0 Å². The van der Waals surface area contributed by atoms with Gasteiger partial charge in [-0.25, -0.2) is 9.48 Å². The zero-order valence-electron chi connectivity index (χ0n) is 10.4. The Morgan fingerprint density at radius 3 is 2.83 bits per heavy atom. The van der Waals surface area contributed by atoms with Crippen molar-refractivity contribution in [1.29, 1.82) is 0 Å². The zero-order valence-corrected chi connectivity index (χ0v) is 10.4. The largest absolute Gasteiger partial charge is 0.462 e. The van der Waals surface area contributed by atoms with Crippen LogP contribution >= 0.6 is 0 Å². The Balaban J connectivity index is 2.04. The van der Waals surface area contributed by atoms with Gasteiger partial charge < -0.3 is 4.74 Å². The summed E-state index contributed by atoms with van der Waals surface area (Å²) in [4.78, 5) is 11.7. The highest BCUT2D eigenvalue weighted by atomic mass is 16.5. The molecule has 94 valence electrons. The van der Waals surface area contributed by atoms with Gasteiger partial charge in [-0.2, -0.15) is 5.10 Å². The molecule has 4 heteroatoms. The number of ether oxygens (including phenoxy) is 1. The van der Waals surface area contributed by atoms with Gasteiger partial charge in [-0.05, 0) is 18.6 Å². The standard InChI is InChI=1S/C14H16N2O2/c1-2-3-9-18-14(17)12-10-15-16(11-12)13-7-5-4-6-8-13/h4-8,10-11H,2-3,9H2,1H3. The molecule has 0 saturated heterocycles. The van der Waals surface area contributed by atoms with Gasteiger partial charge in [-0.15, -0.1) is 0 Å². The van der Waals surface area contributed by atoms with Crippen LogP contribution in [0.15, 0.2) is 42.7 Å². The van der Waals surface area contributed by atoms with Crippen molar-refractivity contribution >= 4 is 5.97 Å². The summed E-state index contributed by atoms with van der Waals surface area (Å²) in [7, 11) is 0. The molecule has 0 amide bonds. The Kier molecular flexibility index (Phi) is 4.12. The number of carbonyl (C=O) groups is 1. The van der Waals surface area contributed by atoms with Crippen molar-refractivity contribution in [3.8, 4) is 5.69 Å². The fraction of sp³-hybridized carbons (Fsp3) is 0.286. The van der Waals surface area contributed by atoms with E-state index in [1.165, 1.54) is 6.20 Å². The summed E-state index contributed by atoms with van der Waals surface area (Å²) in [5, 5.41) is 4.15. The van der Waals surface area contributed by atoms with Crippen molar-refractivity contribution in [1.82, 2.24) is 9.78 Å². The number of hydrogen-bond acceptors (Lipinski definition) is 3. The van der Waals surface area contributed by atoms with E-state index in [9.17, 15) is 4.79 Å². The van der Waals surface area contributed by atoms with Crippen LogP contribution in [0, 0.1) is 0 Å². The van der Waals surface area contributed by atoms with Crippen molar-refractivity contribution < 1.29 is 9.53 Å². The summed E-state index contributed by atoms with van der Waals surface area (Å²) in [5.74, 6) is -0.314. The number of aromatic nitrogens is 2. The normalized spacial score (nSPS) is 10.3. The lowest BCUT2D eigenvalue weighted by atomic mass is 10.3. The molecule has 1 aromatic carbocycles. The second kappa shape index (κ2) is 6.00. The van der Waals surface area contributed by atoms with Crippen LogP contribution in [0.3, 0.4) is 0 Å². The molecule has 0 bridgehead atoms. The molecule has 0 spiro atoms. The molecule has 0 aliphatic heterocycles. The number of para-hydroxylation sites is 1. The minimum absolute atomic E-state index is 0.314. The van der Waals surface area contributed by atoms with E-state index < -0.39 is 0 Å². The first-order chi connectivity index (χ1) is 8.81. The van der Waals surface area contributed by atoms with E-state index >= 15 is 0 Å². The van der Waals surface area contributed by atoms with Crippen LogP contribution in [-0.4, -0.2) is 22.4 Å². The first-order valence-electron chi connectivity index (χ1n) is 6.08. The number of esters is 1. The third-order valence-corrected chi connectivity index (χ3v) is 2.57. The van der Waals surface area contributed by atoms with E-state index in [1.807, 2.05) is 30.3 Å².